The first-order chi connectivity index (χ1) is 9.56. The number of hydrogen-bond donors (Lipinski definition) is 2. The Hall–Kier alpha value is -2.37. The molecule has 0 saturated carbocycles. The Morgan fingerprint density at radius 1 is 1.40 bits per heavy atom. The number of carboxylic acid groups (broad SMARTS) is 1. The number of nitrogens with one attached hydrogen (secondary N) is 1. The smallest absolute Gasteiger partial charge is 0.326 e. The van der Waals surface area contributed by atoms with Crippen LogP contribution in [0.5, 0.6) is 0 Å². The van der Waals surface area contributed by atoms with E-state index >= 15 is 0 Å². The molecule has 1 saturated heterocycles. The summed E-state index contributed by atoms with van der Waals surface area (Å²) in [4.78, 5) is 35.8. The van der Waals surface area contributed by atoms with E-state index in [0.717, 1.165) is 11.1 Å². The summed E-state index contributed by atoms with van der Waals surface area (Å²) >= 11 is 0. The molecular formula is C14H14N2O4. The van der Waals surface area contributed by atoms with Crippen molar-refractivity contribution < 1.29 is 19.5 Å². The molecule has 1 aromatic rings. The number of amides is 2. The number of aliphatic carboxylic acids is 1. The second kappa shape index (κ2) is 4.63. The zero-order chi connectivity index (χ0) is 14.3. The number of carbonyl (C=O) groups excluding carboxylic acids is 2. The van der Waals surface area contributed by atoms with E-state index in [4.69, 9.17) is 5.11 Å². The molecule has 20 heavy (non-hydrogen) atoms. The van der Waals surface area contributed by atoms with E-state index in [9.17, 15) is 14.4 Å². The molecule has 0 aliphatic carbocycles. The molecule has 2 N–H and O–H groups in total. The molecule has 3 rings (SSSR count). The van der Waals surface area contributed by atoms with Gasteiger partial charge in [-0.1, -0.05) is 12.1 Å². The molecule has 2 aliphatic heterocycles. The van der Waals surface area contributed by atoms with Gasteiger partial charge in [0.1, 0.15) is 6.04 Å². The molecular weight excluding hydrogens is 260 g/mol. The highest BCUT2D eigenvalue weighted by Crippen LogP contribution is 2.24. The monoisotopic (exact) mass is 274 g/mol. The van der Waals surface area contributed by atoms with Crippen LogP contribution in [0.25, 0.3) is 0 Å². The van der Waals surface area contributed by atoms with E-state index < -0.39 is 12.0 Å². The fourth-order valence-electron chi connectivity index (χ4n) is 2.77. The van der Waals surface area contributed by atoms with Crippen molar-refractivity contribution in [1.29, 1.82) is 0 Å². The van der Waals surface area contributed by atoms with Crippen LogP contribution in [0.1, 0.15) is 34.3 Å². The first-order valence-electron chi connectivity index (χ1n) is 6.48. The average molecular weight is 274 g/mol. The van der Waals surface area contributed by atoms with Gasteiger partial charge in [-0.15, -0.1) is 0 Å². The number of hydrogen-bond acceptors (Lipinski definition) is 3. The summed E-state index contributed by atoms with van der Waals surface area (Å²) in [6.07, 6.45) is 0.640. The number of nitrogens with zero attached hydrogens (tertiary/aromatic N) is 1. The van der Waals surface area contributed by atoms with Gasteiger partial charge in [0, 0.05) is 25.1 Å². The van der Waals surface area contributed by atoms with E-state index in [1.807, 2.05) is 6.07 Å². The Balaban J connectivity index is 1.82. The van der Waals surface area contributed by atoms with Crippen LogP contribution in [0.4, 0.5) is 0 Å². The van der Waals surface area contributed by atoms with Crippen molar-refractivity contribution >= 4 is 17.8 Å². The third kappa shape index (κ3) is 2.03. The third-order valence-electron chi connectivity index (χ3n) is 3.82. The third-order valence-corrected chi connectivity index (χ3v) is 3.82. The number of fused-ring (bicyclic) bond motifs is 1. The number of carboxylic acids is 1. The lowest BCUT2D eigenvalue weighted by atomic mass is 10.1. The summed E-state index contributed by atoms with van der Waals surface area (Å²) in [5, 5.41) is 11.8. The van der Waals surface area contributed by atoms with Crippen molar-refractivity contribution in [2.75, 3.05) is 0 Å². The standard InChI is InChI=1S/C14H14N2O4/c17-12-4-3-11(14(19)20)16(12)7-8-1-2-10-9(5-8)6-15-13(10)18/h1-2,5,11H,3-4,6-7H2,(H,15,18)(H,19,20). The molecule has 1 unspecified atom stereocenters. The zero-order valence-electron chi connectivity index (χ0n) is 10.8. The van der Waals surface area contributed by atoms with Crippen LogP contribution in [-0.2, 0) is 22.7 Å². The topological polar surface area (TPSA) is 86.7 Å². The van der Waals surface area contributed by atoms with Gasteiger partial charge < -0.3 is 15.3 Å². The summed E-state index contributed by atoms with van der Waals surface area (Å²) in [6.45, 7) is 0.760. The molecule has 1 aromatic carbocycles. The van der Waals surface area contributed by atoms with Gasteiger partial charge in [0.25, 0.3) is 5.91 Å². The van der Waals surface area contributed by atoms with Gasteiger partial charge in [0.15, 0.2) is 0 Å². The fraction of sp³-hybridized carbons (Fsp3) is 0.357. The minimum absolute atomic E-state index is 0.0905. The number of benzene rings is 1. The molecule has 0 aromatic heterocycles. The van der Waals surface area contributed by atoms with E-state index in [1.54, 1.807) is 12.1 Å². The Morgan fingerprint density at radius 3 is 2.95 bits per heavy atom. The molecule has 0 bridgehead atoms. The first-order valence-corrected chi connectivity index (χ1v) is 6.48. The Bertz CT molecular complexity index is 611. The van der Waals surface area contributed by atoms with Crippen LogP contribution in [0.3, 0.4) is 0 Å². The summed E-state index contributed by atoms with van der Waals surface area (Å²) < 4.78 is 0. The van der Waals surface area contributed by atoms with Crippen molar-refractivity contribution in [2.24, 2.45) is 0 Å². The number of likely N-dealkylation sites (tertiary alicyclic amines) is 1. The van der Waals surface area contributed by atoms with Crippen LogP contribution in [-0.4, -0.2) is 33.8 Å². The van der Waals surface area contributed by atoms with Gasteiger partial charge in [0.2, 0.25) is 5.91 Å². The Morgan fingerprint density at radius 2 is 2.20 bits per heavy atom. The molecule has 0 spiro atoms. The lowest BCUT2D eigenvalue weighted by molar-refractivity contribution is -0.146. The van der Waals surface area contributed by atoms with Crippen LogP contribution >= 0.6 is 0 Å². The molecule has 2 heterocycles. The van der Waals surface area contributed by atoms with Crippen molar-refractivity contribution in [3.63, 3.8) is 0 Å². The van der Waals surface area contributed by atoms with Gasteiger partial charge in [0.05, 0.1) is 0 Å². The molecule has 1 fully saturated rings. The molecule has 104 valence electrons. The van der Waals surface area contributed by atoms with Crippen molar-refractivity contribution in [3.05, 3.63) is 34.9 Å². The van der Waals surface area contributed by atoms with E-state index in [2.05, 4.69) is 5.32 Å². The fourth-order valence-corrected chi connectivity index (χ4v) is 2.77. The van der Waals surface area contributed by atoms with E-state index in [1.165, 1.54) is 4.90 Å². The summed E-state index contributed by atoms with van der Waals surface area (Å²) in [7, 11) is 0. The largest absolute Gasteiger partial charge is 0.480 e. The van der Waals surface area contributed by atoms with Crippen LogP contribution < -0.4 is 5.32 Å². The highest BCUT2D eigenvalue weighted by atomic mass is 16.4. The molecule has 6 nitrogen and oxygen atoms in total. The van der Waals surface area contributed by atoms with Gasteiger partial charge in [-0.2, -0.15) is 0 Å². The zero-order valence-corrected chi connectivity index (χ0v) is 10.8. The summed E-state index contributed by atoms with van der Waals surface area (Å²) in [5.41, 5.74) is 2.39. The molecule has 2 aliphatic rings. The van der Waals surface area contributed by atoms with E-state index in [-0.39, 0.29) is 24.8 Å². The summed E-state index contributed by atoms with van der Waals surface area (Å²) in [5.74, 6) is -1.19. The molecule has 2 amide bonds. The maximum absolute atomic E-state index is 11.8. The predicted molar refractivity (Wildman–Crippen MR) is 68.8 cm³/mol. The normalized spacial score (nSPS) is 21.0. The average Bonchev–Trinajstić information content (AvgIpc) is 2.95. The van der Waals surface area contributed by atoms with Crippen LogP contribution in [0, 0.1) is 0 Å². The predicted octanol–water partition coefficient (Wildman–Crippen LogP) is 0.506. The number of rotatable bonds is 3. The first kappa shape index (κ1) is 12.7. The van der Waals surface area contributed by atoms with Gasteiger partial charge in [-0.05, 0) is 23.6 Å². The maximum atomic E-state index is 11.8. The SMILES string of the molecule is O=C1NCc2cc(CN3C(=O)CCC3C(=O)O)ccc21. The molecule has 0 radical (unpaired) electrons. The Kier molecular flexibility index (Phi) is 2.93. The number of carbonyl (C=O) groups is 3. The van der Waals surface area contributed by atoms with Gasteiger partial charge in [-0.3, -0.25) is 9.59 Å². The quantitative estimate of drug-likeness (QED) is 0.840. The summed E-state index contributed by atoms with van der Waals surface area (Å²) in [6, 6.07) is 4.62. The molecule has 1 atom stereocenters. The van der Waals surface area contributed by atoms with Crippen molar-refractivity contribution in [3.8, 4) is 0 Å². The van der Waals surface area contributed by atoms with Crippen LogP contribution in [0.2, 0.25) is 0 Å². The van der Waals surface area contributed by atoms with Crippen LogP contribution in [0.15, 0.2) is 18.2 Å². The second-order valence-electron chi connectivity index (χ2n) is 5.09. The highest BCUT2D eigenvalue weighted by molar-refractivity contribution is 5.98. The lowest BCUT2D eigenvalue weighted by Crippen LogP contribution is -2.37. The minimum atomic E-state index is -0.964. The lowest BCUT2D eigenvalue weighted by Gasteiger charge is -2.21. The van der Waals surface area contributed by atoms with Gasteiger partial charge in [-0.25, -0.2) is 4.79 Å². The minimum Gasteiger partial charge on any atom is -0.480 e. The van der Waals surface area contributed by atoms with Crippen molar-refractivity contribution in [1.82, 2.24) is 10.2 Å². The highest BCUT2D eigenvalue weighted by Gasteiger charge is 2.36. The van der Waals surface area contributed by atoms with Crippen molar-refractivity contribution in [2.45, 2.75) is 32.0 Å². The Labute approximate surface area is 115 Å². The van der Waals surface area contributed by atoms with Gasteiger partial charge >= 0.3 is 5.97 Å². The second-order valence-corrected chi connectivity index (χ2v) is 5.09. The molecule has 6 heteroatoms. The van der Waals surface area contributed by atoms with E-state index in [0.29, 0.717) is 18.5 Å². The maximum Gasteiger partial charge on any atom is 0.326 e.